The van der Waals surface area contributed by atoms with Gasteiger partial charge in [0.05, 0.1) is 20.7 Å². The standard InChI is InChI=1S/C17H20ClN3O3S2/c1-3-10-21(11-14-6-9-16(18)25-14)12(2)17(22)20-13-4-7-15(8-5-13)26(19,23)24/h3-9,12H,1,10-11H2,2H3,(H,20,22)(H2,19,23,24)/p+1/t12-/m0/s1. The Morgan fingerprint density at radius 1 is 1.35 bits per heavy atom. The molecule has 0 aliphatic rings. The van der Waals surface area contributed by atoms with Gasteiger partial charge in [-0.3, -0.25) is 4.79 Å². The van der Waals surface area contributed by atoms with E-state index in [0.717, 1.165) is 9.78 Å². The van der Waals surface area contributed by atoms with Crippen molar-refractivity contribution in [1.82, 2.24) is 0 Å². The van der Waals surface area contributed by atoms with Crippen LogP contribution in [0.3, 0.4) is 0 Å². The number of amides is 1. The lowest BCUT2D eigenvalue weighted by Crippen LogP contribution is -3.15. The number of thiophene rings is 1. The molecular formula is C17H21ClN3O3S2+. The molecule has 0 radical (unpaired) electrons. The molecule has 0 fully saturated rings. The van der Waals surface area contributed by atoms with Crippen LogP contribution < -0.4 is 15.4 Å². The molecule has 6 nitrogen and oxygen atoms in total. The lowest BCUT2D eigenvalue weighted by atomic mass is 10.2. The Hall–Kier alpha value is -1.71. The van der Waals surface area contributed by atoms with Crippen LogP contribution in [0.2, 0.25) is 4.34 Å². The van der Waals surface area contributed by atoms with Crippen molar-refractivity contribution in [2.75, 3.05) is 11.9 Å². The third-order valence-corrected chi connectivity index (χ3v) is 6.05. The summed E-state index contributed by atoms with van der Waals surface area (Å²) in [6.07, 6.45) is 1.77. The van der Waals surface area contributed by atoms with Gasteiger partial charge < -0.3 is 10.2 Å². The summed E-state index contributed by atoms with van der Waals surface area (Å²) in [5.41, 5.74) is 0.506. The first-order chi connectivity index (χ1) is 12.2. The fraction of sp³-hybridized carbons (Fsp3) is 0.235. The van der Waals surface area contributed by atoms with Crippen LogP contribution in [-0.4, -0.2) is 26.9 Å². The maximum atomic E-state index is 12.6. The van der Waals surface area contributed by atoms with E-state index in [1.807, 2.05) is 19.1 Å². The molecule has 2 aromatic rings. The van der Waals surface area contributed by atoms with Gasteiger partial charge in [0.15, 0.2) is 6.04 Å². The van der Waals surface area contributed by atoms with Gasteiger partial charge in [-0.05, 0) is 49.4 Å². The highest BCUT2D eigenvalue weighted by atomic mass is 35.5. The van der Waals surface area contributed by atoms with E-state index < -0.39 is 10.0 Å². The second kappa shape index (κ2) is 8.79. The molecule has 2 atom stereocenters. The molecule has 0 aliphatic carbocycles. The first-order valence-electron chi connectivity index (χ1n) is 7.84. The van der Waals surface area contributed by atoms with Crippen LogP contribution in [-0.2, 0) is 21.4 Å². The lowest BCUT2D eigenvalue weighted by Gasteiger charge is -2.23. The van der Waals surface area contributed by atoms with Crippen molar-refractivity contribution in [3.63, 3.8) is 0 Å². The van der Waals surface area contributed by atoms with Crippen LogP contribution in [0.4, 0.5) is 5.69 Å². The monoisotopic (exact) mass is 414 g/mol. The van der Waals surface area contributed by atoms with Crippen molar-refractivity contribution >= 4 is 44.6 Å². The number of nitrogens with one attached hydrogen (secondary N) is 2. The van der Waals surface area contributed by atoms with Crippen LogP contribution in [0, 0.1) is 0 Å². The second-order valence-corrected chi connectivity index (χ2v) is 9.18. The lowest BCUT2D eigenvalue weighted by molar-refractivity contribution is -0.921. The molecule has 26 heavy (non-hydrogen) atoms. The number of hydrogen-bond donors (Lipinski definition) is 3. The van der Waals surface area contributed by atoms with Gasteiger partial charge in [-0.1, -0.05) is 18.2 Å². The molecule has 1 aromatic carbocycles. The van der Waals surface area contributed by atoms with Gasteiger partial charge >= 0.3 is 0 Å². The largest absolute Gasteiger partial charge is 0.321 e. The third kappa shape index (κ3) is 5.65. The highest BCUT2D eigenvalue weighted by Crippen LogP contribution is 2.20. The van der Waals surface area contributed by atoms with E-state index in [1.165, 1.54) is 35.6 Å². The third-order valence-electron chi connectivity index (χ3n) is 3.89. The minimum Gasteiger partial charge on any atom is -0.321 e. The zero-order chi connectivity index (χ0) is 19.3. The summed E-state index contributed by atoms with van der Waals surface area (Å²) in [6.45, 7) is 6.87. The van der Waals surface area contributed by atoms with Crippen molar-refractivity contribution in [3.05, 3.63) is 58.3 Å². The Balaban J connectivity index is 2.06. The number of nitrogens with two attached hydrogens (primary N) is 1. The van der Waals surface area contributed by atoms with Gasteiger partial charge in [-0.25, -0.2) is 13.6 Å². The van der Waals surface area contributed by atoms with E-state index >= 15 is 0 Å². The first kappa shape index (κ1) is 20.6. The topological polar surface area (TPSA) is 93.7 Å². The first-order valence-corrected chi connectivity index (χ1v) is 10.6. The number of hydrogen-bond acceptors (Lipinski definition) is 4. The Kier molecular flexibility index (Phi) is 6.96. The minimum atomic E-state index is -3.76. The SMILES string of the molecule is C=CC[NH+](Cc1ccc(Cl)s1)[C@@H](C)C(=O)Nc1ccc(S(N)(=O)=O)cc1. The number of halogens is 1. The van der Waals surface area contributed by atoms with E-state index in [1.54, 1.807) is 6.08 Å². The van der Waals surface area contributed by atoms with Crippen LogP contribution in [0.25, 0.3) is 0 Å². The molecule has 0 saturated heterocycles. The summed E-state index contributed by atoms with van der Waals surface area (Å²) in [5, 5.41) is 7.87. The van der Waals surface area contributed by atoms with Gasteiger partial charge in [0.2, 0.25) is 10.0 Å². The van der Waals surface area contributed by atoms with E-state index in [4.69, 9.17) is 16.7 Å². The highest BCUT2D eigenvalue weighted by Gasteiger charge is 2.25. The quantitative estimate of drug-likeness (QED) is 0.573. The Bertz CT molecular complexity index is 879. The zero-order valence-corrected chi connectivity index (χ0v) is 16.6. The molecule has 4 N–H and O–H groups in total. The summed E-state index contributed by atoms with van der Waals surface area (Å²) in [5.74, 6) is -0.173. The highest BCUT2D eigenvalue weighted by molar-refractivity contribution is 7.89. The van der Waals surface area contributed by atoms with E-state index in [0.29, 0.717) is 23.1 Å². The Labute approximate surface area is 162 Å². The fourth-order valence-electron chi connectivity index (χ4n) is 2.42. The molecule has 140 valence electrons. The second-order valence-electron chi connectivity index (χ2n) is 5.81. The van der Waals surface area contributed by atoms with E-state index in [9.17, 15) is 13.2 Å². The number of rotatable bonds is 8. The summed E-state index contributed by atoms with van der Waals surface area (Å²) in [4.78, 5) is 14.7. The predicted molar refractivity (Wildman–Crippen MR) is 105 cm³/mol. The van der Waals surface area contributed by atoms with Crippen molar-refractivity contribution in [2.45, 2.75) is 24.4 Å². The summed E-state index contributed by atoms with van der Waals surface area (Å²) in [6, 6.07) is 9.19. The number of benzene rings is 1. The summed E-state index contributed by atoms with van der Waals surface area (Å²) in [7, 11) is -3.76. The minimum absolute atomic E-state index is 0.00275. The smallest absolute Gasteiger partial charge is 0.282 e. The number of primary sulfonamides is 1. The maximum absolute atomic E-state index is 12.6. The van der Waals surface area contributed by atoms with Crippen molar-refractivity contribution in [1.29, 1.82) is 0 Å². The number of sulfonamides is 1. The van der Waals surface area contributed by atoms with Gasteiger partial charge in [-0.2, -0.15) is 0 Å². The molecule has 2 rings (SSSR count). The van der Waals surface area contributed by atoms with Gasteiger partial charge in [0, 0.05) is 5.69 Å². The summed E-state index contributed by atoms with van der Waals surface area (Å²) >= 11 is 7.46. The molecule has 9 heteroatoms. The number of quaternary nitrogens is 1. The molecule has 1 aromatic heterocycles. The van der Waals surface area contributed by atoms with Crippen LogP contribution in [0.5, 0.6) is 0 Å². The van der Waals surface area contributed by atoms with Gasteiger partial charge in [-0.15, -0.1) is 11.3 Å². The average molecular weight is 415 g/mol. The van der Waals surface area contributed by atoms with E-state index in [2.05, 4.69) is 11.9 Å². The Morgan fingerprint density at radius 2 is 2.00 bits per heavy atom. The average Bonchev–Trinajstić information content (AvgIpc) is 2.98. The van der Waals surface area contributed by atoms with Gasteiger partial charge in [0.1, 0.15) is 6.54 Å². The van der Waals surface area contributed by atoms with Crippen molar-refractivity contribution < 1.29 is 18.1 Å². The predicted octanol–water partition coefficient (Wildman–Crippen LogP) is 1.65. The Morgan fingerprint density at radius 3 is 2.50 bits per heavy atom. The number of anilines is 1. The molecule has 0 spiro atoms. The number of carbonyl (C=O) groups excluding carboxylic acids is 1. The molecular weight excluding hydrogens is 394 g/mol. The van der Waals surface area contributed by atoms with Crippen molar-refractivity contribution in [3.8, 4) is 0 Å². The molecule has 0 bridgehead atoms. The summed E-state index contributed by atoms with van der Waals surface area (Å²) < 4.78 is 23.3. The van der Waals surface area contributed by atoms with Crippen molar-refractivity contribution in [2.24, 2.45) is 5.14 Å². The fourth-order valence-corrected chi connectivity index (χ4v) is 4.08. The van der Waals surface area contributed by atoms with Crippen LogP contribution in [0.15, 0.2) is 53.9 Å². The molecule has 1 unspecified atom stereocenters. The normalized spacial score (nSPS) is 13.8. The molecule has 1 heterocycles. The van der Waals surface area contributed by atoms with Gasteiger partial charge in [0.25, 0.3) is 5.91 Å². The maximum Gasteiger partial charge on any atom is 0.282 e. The van der Waals surface area contributed by atoms with Crippen LogP contribution >= 0.6 is 22.9 Å². The number of carbonyl (C=O) groups is 1. The van der Waals surface area contributed by atoms with Crippen LogP contribution in [0.1, 0.15) is 11.8 Å². The zero-order valence-electron chi connectivity index (χ0n) is 14.2. The molecule has 0 saturated carbocycles. The molecule has 0 aliphatic heterocycles. The molecule has 1 amide bonds. The van der Waals surface area contributed by atoms with E-state index in [-0.39, 0.29) is 16.8 Å².